The van der Waals surface area contributed by atoms with Crippen LogP contribution < -0.4 is 15.4 Å². The fourth-order valence-electron chi connectivity index (χ4n) is 4.63. The van der Waals surface area contributed by atoms with Crippen LogP contribution in [-0.2, 0) is 0 Å². The summed E-state index contributed by atoms with van der Waals surface area (Å²) in [7, 11) is 0. The van der Waals surface area contributed by atoms with Gasteiger partial charge in [0.25, 0.3) is 0 Å². The lowest BCUT2D eigenvalue weighted by Gasteiger charge is -2.30. The molecule has 32 heavy (non-hydrogen) atoms. The topological polar surface area (TPSA) is 72.4 Å². The first-order chi connectivity index (χ1) is 15.7. The molecule has 1 aromatic heterocycles. The van der Waals surface area contributed by atoms with E-state index in [-0.39, 0.29) is 6.03 Å². The Bertz CT molecular complexity index is 1140. The third-order valence-corrected chi connectivity index (χ3v) is 6.74. The first-order valence-electron chi connectivity index (χ1n) is 11.6. The minimum atomic E-state index is -0.164. The van der Waals surface area contributed by atoms with E-state index in [0.29, 0.717) is 24.3 Å². The molecule has 2 aliphatic carbocycles. The number of rotatable bonds is 7. The zero-order valence-electron chi connectivity index (χ0n) is 18.4. The minimum absolute atomic E-state index is 0.164. The molecule has 0 spiro atoms. The number of amides is 2. The number of benzene rings is 2. The highest BCUT2D eigenvalue weighted by atomic mass is 16.5. The summed E-state index contributed by atoms with van der Waals surface area (Å²) in [6, 6.07) is 14.3. The van der Waals surface area contributed by atoms with Gasteiger partial charge < -0.3 is 19.9 Å². The zero-order chi connectivity index (χ0) is 22.1. The van der Waals surface area contributed by atoms with E-state index in [1.54, 1.807) is 0 Å². The fourth-order valence-corrected chi connectivity index (χ4v) is 4.63. The van der Waals surface area contributed by atoms with Gasteiger partial charge in [0, 0.05) is 34.8 Å². The van der Waals surface area contributed by atoms with Gasteiger partial charge in [-0.2, -0.15) is 0 Å². The van der Waals surface area contributed by atoms with Crippen molar-refractivity contribution in [3.63, 3.8) is 0 Å². The number of urea groups is 1. The van der Waals surface area contributed by atoms with Crippen molar-refractivity contribution in [3.8, 4) is 17.0 Å². The Hall–Kier alpha value is -3.28. The van der Waals surface area contributed by atoms with E-state index in [2.05, 4.69) is 15.2 Å². The van der Waals surface area contributed by atoms with Crippen molar-refractivity contribution < 1.29 is 14.3 Å². The number of nitrogens with one attached hydrogen (secondary N) is 2. The maximum atomic E-state index is 12.2. The van der Waals surface area contributed by atoms with Crippen LogP contribution in [0.1, 0.15) is 61.8 Å². The molecule has 2 aromatic carbocycles. The van der Waals surface area contributed by atoms with Crippen molar-refractivity contribution in [3.05, 3.63) is 48.0 Å². The smallest absolute Gasteiger partial charge is 0.319 e. The SMILES string of the molecule is CCOc1ccc2c(C=O)c(-c3ccc(NC(=O)NC4CCC4)cc3)n(C3CCC3)c2c1. The molecule has 2 amide bonds. The molecular weight excluding hydrogens is 402 g/mol. The van der Waals surface area contributed by atoms with Crippen LogP contribution in [0.25, 0.3) is 22.2 Å². The molecule has 6 nitrogen and oxygen atoms in total. The number of anilines is 1. The Morgan fingerprint density at radius 1 is 1.09 bits per heavy atom. The van der Waals surface area contributed by atoms with Gasteiger partial charge in [0.1, 0.15) is 5.75 Å². The second kappa shape index (κ2) is 8.69. The largest absolute Gasteiger partial charge is 0.494 e. The second-order valence-electron chi connectivity index (χ2n) is 8.75. The monoisotopic (exact) mass is 431 g/mol. The molecule has 2 aliphatic rings. The van der Waals surface area contributed by atoms with Gasteiger partial charge in [0.2, 0.25) is 0 Å². The number of aldehydes is 1. The first-order valence-corrected chi connectivity index (χ1v) is 11.6. The quantitative estimate of drug-likeness (QED) is 0.456. The molecule has 0 aliphatic heterocycles. The van der Waals surface area contributed by atoms with E-state index in [4.69, 9.17) is 4.74 Å². The summed E-state index contributed by atoms with van der Waals surface area (Å²) in [5, 5.41) is 6.85. The van der Waals surface area contributed by atoms with Crippen molar-refractivity contribution in [1.29, 1.82) is 0 Å². The number of ether oxygens (including phenoxy) is 1. The molecule has 3 aromatic rings. The van der Waals surface area contributed by atoms with Gasteiger partial charge in [-0.25, -0.2) is 4.79 Å². The Morgan fingerprint density at radius 3 is 2.44 bits per heavy atom. The number of carbonyl (C=O) groups excluding carboxylic acids is 2. The molecule has 0 unspecified atom stereocenters. The summed E-state index contributed by atoms with van der Waals surface area (Å²) in [5.74, 6) is 0.819. The van der Waals surface area contributed by atoms with Crippen LogP contribution in [0.15, 0.2) is 42.5 Å². The van der Waals surface area contributed by atoms with Gasteiger partial charge in [-0.3, -0.25) is 4.79 Å². The molecular formula is C26H29N3O3. The van der Waals surface area contributed by atoms with E-state index in [0.717, 1.165) is 65.6 Å². The standard InChI is InChI=1S/C26H29N3O3/c1-2-32-21-13-14-22-23(16-30)25(29(24(22)15-21)20-7-4-8-20)17-9-11-19(12-10-17)28-26(31)27-18-5-3-6-18/h9-16,18,20H,2-8H2,1H3,(H2,27,28,31). The Kier molecular flexibility index (Phi) is 5.60. The highest BCUT2D eigenvalue weighted by Gasteiger charge is 2.28. The minimum Gasteiger partial charge on any atom is -0.494 e. The molecule has 0 atom stereocenters. The number of hydrogen-bond donors (Lipinski definition) is 2. The highest BCUT2D eigenvalue weighted by molar-refractivity contribution is 6.05. The summed E-state index contributed by atoms with van der Waals surface area (Å²) in [6.45, 7) is 2.57. The Balaban J connectivity index is 1.51. The zero-order valence-corrected chi connectivity index (χ0v) is 18.4. The molecule has 5 rings (SSSR count). The van der Waals surface area contributed by atoms with E-state index < -0.39 is 0 Å². The van der Waals surface area contributed by atoms with Crippen LogP contribution in [0, 0.1) is 0 Å². The van der Waals surface area contributed by atoms with Crippen molar-refractivity contribution in [1.82, 2.24) is 9.88 Å². The van der Waals surface area contributed by atoms with Crippen LogP contribution in [-0.4, -0.2) is 29.5 Å². The maximum absolute atomic E-state index is 12.2. The normalized spacial score (nSPS) is 16.3. The molecule has 0 radical (unpaired) electrons. The fraction of sp³-hybridized carbons (Fsp3) is 0.385. The Labute approximate surface area is 187 Å². The molecule has 0 bridgehead atoms. The molecule has 166 valence electrons. The first kappa shape index (κ1) is 20.6. The molecule has 2 N–H and O–H groups in total. The summed E-state index contributed by atoms with van der Waals surface area (Å²) in [5.41, 5.74) is 4.40. The lowest BCUT2D eigenvalue weighted by Crippen LogP contribution is -2.41. The number of fused-ring (bicyclic) bond motifs is 1. The van der Waals surface area contributed by atoms with E-state index in [1.807, 2.05) is 49.4 Å². The lowest BCUT2D eigenvalue weighted by molar-refractivity contribution is 0.112. The van der Waals surface area contributed by atoms with Gasteiger partial charge in [-0.05, 0) is 75.3 Å². The van der Waals surface area contributed by atoms with Crippen LogP contribution in [0.3, 0.4) is 0 Å². The van der Waals surface area contributed by atoms with Gasteiger partial charge in [0.05, 0.1) is 17.8 Å². The van der Waals surface area contributed by atoms with Crippen molar-refractivity contribution >= 4 is 28.9 Å². The number of aromatic nitrogens is 1. The second-order valence-corrected chi connectivity index (χ2v) is 8.75. The van der Waals surface area contributed by atoms with E-state index in [9.17, 15) is 9.59 Å². The molecule has 1 heterocycles. The third kappa shape index (κ3) is 3.74. The summed E-state index contributed by atoms with van der Waals surface area (Å²) in [6.07, 6.45) is 7.66. The van der Waals surface area contributed by atoms with Gasteiger partial charge in [-0.1, -0.05) is 12.1 Å². The van der Waals surface area contributed by atoms with Gasteiger partial charge in [-0.15, -0.1) is 0 Å². The van der Waals surface area contributed by atoms with Crippen molar-refractivity contribution in [2.75, 3.05) is 11.9 Å². The van der Waals surface area contributed by atoms with Gasteiger partial charge >= 0.3 is 6.03 Å². The number of carbonyl (C=O) groups is 2. The maximum Gasteiger partial charge on any atom is 0.319 e. The van der Waals surface area contributed by atoms with E-state index in [1.165, 1.54) is 12.8 Å². The molecule has 0 saturated heterocycles. The predicted molar refractivity (Wildman–Crippen MR) is 127 cm³/mol. The van der Waals surface area contributed by atoms with Gasteiger partial charge in [0.15, 0.2) is 6.29 Å². The molecule has 2 fully saturated rings. The number of nitrogens with zero attached hydrogens (tertiary/aromatic N) is 1. The summed E-state index contributed by atoms with van der Waals surface area (Å²) < 4.78 is 8.05. The molecule has 6 heteroatoms. The summed E-state index contributed by atoms with van der Waals surface area (Å²) >= 11 is 0. The van der Waals surface area contributed by atoms with Crippen LogP contribution in [0.4, 0.5) is 10.5 Å². The average Bonchev–Trinajstić information content (AvgIpc) is 3.04. The van der Waals surface area contributed by atoms with E-state index >= 15 is 0 Å². The van der Waals surface area contributed by atoms with Crippen molar-refractivity contribution in [2.24, 2.45) is 0 Å². The average molecular weight is 432 g/mol. The number of hydrogen-bond acceptors (Lipinski definition) is 3. The molecule has 2 saturated carbocycles. The van der Waals surface area contributed by atoms with Crippen molar-refractivity contribution in [2.45, 2.75) is 57.5 Å². The lowest BCUT2D eigenvalue weighted by atomic mass is 9.92. The Morgan fingerprint density at radius 2 is 1.84 bits per heavy atom. The third-order valence-electron chi connectivity index (χ3n) is 6.74. The van der Waals surface area contributed by atoms with Crippen LogP contribution in [0.2, 0.25) is 0 Å². The highest BCUT2D eigenvalue weighted by Crippen LogP contribution is 2.43. The van der Waals surface area contributed by atoms with Crippen LogP contribution in [0.5, 0.6) is 5.75 Å². The van der Waals surface area contributed by atoms with Crippen LogP contribution >= 0.6 is 0 Å². The summed E-state index contributed by atoms with van der Waals surface area (Å²) in [4.78, 5) is 24.4. The predicted octanol–water partition coefficient (Wildman–Crippen LogP) is 5.92.